The summed E-state index contributed by atoms with van der Waals surface area (Å²) in [5.41, 5.74) is -0.654. The molecule has 0 radical (unpaired) electrons. The Morgan fingerprint density at radius 1 is 1.09 bits per heavy atom. The van der Waals surface area contributed by atoms with E-state index in [0.29, 0.717) is 31.8 Å². The van der Waals surface area contributed by atoms with Crippen molar-refractivity contribution in [2.75, 3.05) is 6.54 Å². The van der Waals surface area contributed by atoms with Gasteiger partial charge in [0.15, 0.2) is 0 Å². The van der Waals surface area contributed by atoms with Gasteiger partial charge in [0.2, 0.25) is 5.91 Å². The Labute approximate surface area is 197 Å². The first-order valence-corrected chi connectivity index (χ1v) is 12.9. The second kappa shape index (κ2) is 8.98. The molecule has 1 aliphatic carbocycles. The maximum absolute atomic E-state index is 13.3. The molecular formula is C24H31N3O3S2. The highest BCUT2D eigenvalue weighted by Gasteiger charge is 2.53. The van der Waals surface area contributed by atoms with Gasteiger partial charge >= 0.3 is 6.03 Å². The summed E-state index contributed by atoms with van der Waals surface area (Å²) in [6, 6.07) is 7.47. The molecule has 0 unspecified atom stereocenters. The van der Waals surface area contributed by atoms with E-state index in [4.69, 9.17) is 0 Å². The van der Waals surface area contributed by atoms with Crippen molar-refractivity contribution in [2.24, 2.45) is 11.3 Å². The van der Waals surface area contributed by atoms with E-state index in [2.05, 4.69) is 26.1 Å². The zero-order valence-corrected chi connectivity index (χ0v) is 20.6. The summed E-state index contributed by atoms with van der Waals surface area (Å²) in [5, 5.41) is 6.92. The molecule has 0 bridgehead atoms. The van der Waals surface area contributed by atoms with E-state index in [1.807, 2.05) is 35.0 Å². The monoisotopic (exact) mass is 473 g/mol. The van der Waals surface area contributed by atoms with Crippen molar-refractivity contribution in [3.8, 4) is 0 Å². The van der Waals surface area contributed by atoms with Crippen LogP contribution < -0.4 is 5.32 Å². The van der Waals surface area contributed by atoms with Crippen molar-refractivity contribution in [1.29, 1.82) is 0 Å². The highest BCUT2D eigenvalue weighted by Crippen LogP contribution is 2.43. The maximum Gasteiger partial charge on any atom is 0.325 e. The van der Waals surface area contributed by atoms with Gasteiger partial charge in [-0.15, -0.1) is 22.7 Å². The molecule has 8 heteroatoms. The molecule has 172 valence electrons. The Kier molecular flexibility index (Phi) is 6.45. The van der Waals surface area contributed by atoms with E-state index in [1.165, 1.54) is 0 Å². The van der Waals surface area contributed by atoms with Crippen LogP contribution in [0, 0.1) is 11.3 Å². The van der Waals surface area contributed by atoms with Crippen molar-refractivity contribution < 1.29 is 14.4 Å². The van der Waals surface area contributed by atoms with Gasteiger partial charge in [0, 0.05) is 9.75 Å². The molecule has 0 aromatic carbocycles. The first-order chi connectivity index (χ1) is 15.2. The summed E-state index contributed by atoms with van der Waals surface area (Å²) < 4.78 is 0. The average Bonchev–Trinajstić information content (AvgIpc) is 3.48. The molecule has 0 atom stereocenters. The predicted molar refractivity (Wildman–Crippen MR) is 127 cm³/mol. The van der Waals surface area contributed by atoms with E-state index in [1.54, 1.807) is 27.6 Å². The second-order valence-corrected chi connectivity index (χ2v) is 12.0. The third kappa shape index (κ3) is 4.76. The summed E-state index contributed by atoms with van der Waals surface area (Å²) in [4.78, 5) is 44.3. The lowest BCUT2D eigenvalue weighted by atomic mass is 9.67. The smallest absolute Gasteiger partial charge is 0.325 e. The highest BCUT2D eigenvalue weighted by atomic mass is 32.1. The third-order valence-corrected chi connectivity index (χ3v) is 8.53. The summed E-state index contributed by atoms with van der Waals surface area (Å²) in [7, 11) is 0. The van der Waals surface area contributed by atoms with Gasteiger partial charge in [-0.1, -0.05) is 32.9 Å². The minimum atomic E-state index is -0.842. The molecule has 2 fully saturated rings. The number of hydrogen-bond acceptors (Lipinski definition) is 5. The van der Waals surface area contributed by atoms with Crippen LogP contribution in [0.3, 0.4) is 0 Å². The molecule has 1 aliphatic heterocycles. The number of carbonyl (C=O) groups is 3. The highest BCUT2D eigenvalue weighted by molar-refractivity contribution is 7.10. The fourth-order valence-corrected chi connectivity index (χ4v) is 6.22. The number of thiophene rings is 2. The molecule has 6 nitrogen and oxygen atoms in total. The molecule has 4 rings (SSSR count). The summed E-state index contributed by atoms with van der Waals surface area (Å²) in [6.45, 7) is 7.40. The molecule has 2 aliphatic rings. The number of amides is 4. The molecule has 3 heterocycles. The lowest BCUT2D eigenvalue weighted by molar-refractivity contribution is -0.140. The van der Waals surface area contributed by atoms with E-state index in [0.717, 1.165) is 27.5 Å². The molecule has 2 aromatic rings. The van der Waals surface area contributed by atoms with Gasteiger partial charge in [0.05, 0.1) is 13.1 Å². The lowest BCUT2D eigenvalue weighted by Crippen LogP contribution is -2.51. The number of nitrogens with one attached hydrogen (secondary N) is 1. The Bertz CT molecular complexity index is 919. The van der Waals surface area contributed by atoms with Crippen molar-refractivity contribution in [3.63, 3.8) is 0 Å². The molecule has 1 saturated carbocycles. The Morgan fingerprint density at radius 2 is 1.66 bits per heavy atom. The fraction of sp³-hybridized carbons (Fsp3) is 0.542. The molecule has 1 N–H and O–H groups in total. The van der Waals surface area contributed by atoms with Crippen molar-refractivity contribution >= 4 is 40.5 Å². The molecule has 2 aromatic heterocycles. The number of carbonyl (C=O) groups excluding carboxylic acids is 3. The summed E-state index contributed by atoms with van der Waals surface area (Å²) in [5.74, 6) is 0.0757. The largest absolute Gasteiger partial charge is 0.331 e. The second-order valence-electron chi connectivity index (χ2n) is 9.95. The van der Waals surface area contributed by atoms with Crippen LogP contribution >= 0.6 is 22.7 Å². The van der Waals surface area contributed by atoms with Gasteiger partial charge in [-0.2, -0.15) is 0 Å². The fourth-order valence-electron chi connectivity index (χ4n) is 4.78. The van der Waals surface area contributed by atoms with Gasteiger partial charge in [0.1, 0.15) is 12.1 Å². The van der Waals surface area contributed by atoms with Gasteiger partial charge in [-0.25, -0.2) is 4.79 Å². The molecular weight excluding hydrogens is 442 g/mol. The maximum atomic E-state index is 13.3. The molecule has 1 saturated heterocycles. The van der Waals surface area contributed by atoms with Crippen molar-refractivity contribution in [2.45, 2.75) is 65.1 Å². The van der Waals surface area contributed by atoms with Crippen LogP contribution in [0.5, 0.6) is 0 Å². The Morgan fingerprint density at radius 3 is 2.12 bits per heavy atom. The average molecular weight is 474 g/mol. The minimum Gasteiger partial charge on any atom is -0.331 e. The van der Waals surface area contributed by atoms with Crippen LogP contribution in [-0.4, -0.2) is 39.7 Å². The predicted octanol–water partition coefficient (Wildman–Crippen LogP) is 4.87. The molecule has 4 amide bonds. The van der Waals surface area contributed by atoms with Gasteiger partial charge in [0.25, 0.3) is 5.91 Å². The van der Waals surface area contributed by atoms with Gasteiger partial charge < -0.3 is 10.2 Å². The van der Waals surface area contributed by atoms with Gasteiger partial charge in [-0.3, -0.25) is 14.5 Å². The molecule has 1 spiro atoms. The standard InChI is InChI=1S/C24H31N3O3S2/c1-23(2,3)17-8-10-24(11-9-17)21(29)27(22(30)25-24)16-20(28)26(14-18-6-4-12-31-18)15-19-7-5-13-32-19/h4-7,12-13,17H,8-11,14-16H2,1-3H3,(H,25,30). The van der Waals surface area contributed by atoms with Crippen LogP contribution in [0.15, 0.2) is 35.0 Å². The quantitative estimate of drug-likeness (QED) is 0.609. The van der Waals surface area contributed by atoms with E-state index >= 15 is 0 Å². The van der Waals surface area contributed by atoms with Crippen molar-refractivity contribution in [3.05, 3.63) is 44.8 Å². The minimum absolute atomic E-state index is 0.188. The van der Waals surface area contributed by atoms with Crippen LogP contribution in [-0.2, 0) is 22.7 Å². The van der Waals surface area contributed by atoms with Crippen LogP contribution in [0.25, 0.3) is 0 Å². The van der Waals surface area contributed by atoms with E-state index in [-0.39, 0.29) is 23.8 Å². The number of nitrogens with zero attached hydrogens (tertiary/aromatic N) is 2. The van der Waals surface area contributed by atoms with Crippen molar-refractivity contribution in [1.82, 2.24) is 15.1 Å². The topological polar surface area (TPSA) is 69.7 Å². The number of rotatable bonds is 6. The first kappa shape index (κ1) is 23.0. The SMILES string of the molecule is CC(C)(C)C1CCC2(CC1)NC(=O)N(CC(=O)N(Cc1cccs1)Cc1cccs1)C2=O. The Balaban J connectivity index is 1.45. The van der Waals surface area contributed by atoms with Crippen LogP contribution in [0.2, 0.25) is 0 Å². The number of urea groups is 1. The zero-order valence-electron chi connectivity index (χ0n) is 18.9. The summed E-state index contributed by atoms with van der Waals surface area (Å²) >= 11 is 3.19. The lowest BCUT2D eigenvalue weighted by Gasteiger charge is -2.40. The summed E-state index contributed by atoms with van der Waals surface area (Å²) in [6.07, 6.45) is 3.08. The normalized spacial score (nSPS) is 23.6. The first-order valence-electron chi connectivity index (χ1n) is 11.1. The van der Waals surface area contributed by atoms with E-state index in [9.17, 15) is 14.4 Å². The number of hydrogen-bond donors (Lipinski definition) is 1. The van der Waals surface area contributed by atoms with Crippen LogP contribution in [0.1, 0.15) is 56.2 Å². The molecule has 32 heavy (non-hydrogen) atoms. The zero-order chi connectivity index (χ0) is 22.9. The Hall–Kier alpha value is -2.19. The van der Waals surface area contributed by atoms with E-state index < -0.39 is 11.6 Å². The van der Waals surface area contributed by atoms with Crippen LogP contribution in [0.4, 0.5) is 4.79 Å². The van der Waals surface area contributed by atoms with Gasteiger partial charge in [-0.05, 0) is 59.9 Å². The third-order valence-electron chi connectivity index (χ3n) is 6.81. The number of imide groups is 1.